The molecule has 4 unspecified atom stereocenters. The van der Waals surface area contributed by atoms with Crippen molar-refractivity contribution >= 4 is 0 Å². The number of rotatable bonds is 29. The van der Waals surface area contributed by atoms with Gasteiger partial charge in [-0.3, -0.25) is 0 Å². The van der Waals surface area contributed by atoms with E-state index in [9.17, 15) is 0 Å². The molecule has 0 radical (unpaired) electrons. The SMILES string of the molecule is CC(C)CCC(CCCN(C)C)CC(CC[N+](C)(C)C)CC(C)C.CC(C)CCC(CCC[NH+](C)C)CC(CC[N+](C)(C)C)CC(C)C.O=NO[O-].O=[N+]([O-])[O-].[K+]. The van der Waals surface area contributed by atoms with E-state index >= 15 is 0 Å². The zero-order valence-corrected chi connectivity index (χ0v) is 44.7. The number of hydrogen-bond acceptors (Lipinski definition) is 8. The molecule has 12 nitrogen and oxygen atoms in total. The Morgan fingerprint density at radius 1 is 0.596 bits per heavy atom. The van der Waals surface area contributed by atoms with Gasteiger partial charge in [0, 0.05) is 0 Å². The fraction of sp³-hybridized carbons (Fsp3) is 1.00. The molecule has 0 saturated heterocycles. The zero-order valence-electron chi connectivity index (χ0n) is 41.5. The van der Waals surface area contributed by atoms with Crippen LogP contribution in [-0.4, -0.2) is 116 Å². The van der Waals surface area contributed by atoms with Gasteiger partial charge in [-0.15, -0.1) is 4.91 Å². The van der Waals surface area contributed by atoms with E-state index in [1.54, 1.807) is 4.90 Å². The van der Waals surface area contributed by atoms with Crippen molar-refractivity contribution in [3.63, 3.8) is 0 Å². The van der Waals surface area contributed by atoms with Crippen LogP contribution >= 0.6 is 0 Å². The topological polar surface area (TPSA) is 136 Å². The molecule has 0 aromatic carbocycles. The van der Waals surface area contributed by atoms with E-state index in [0.29, 0.717) is 0 Å². The molecule has 13 heteroatoms. The van der Waals surface area contributed by atoms with Gasteiger partial charge in [0.1, 0.15) is 5.34 Å². The maximum atomic E-state index is 8.39. The standard InChI is InChI=1S/2C22H49N2.K.HNO3.NO3/c2*1-19(2)12-13-21(11-10-15-23(5)6)18-22(17-20(3)4)14-16-24(7,8)9;;2-1-4-3;2-1(3)4/h2*19-22H,10-18H2,1-9H3;;3H;/q3*+1;;-1. The van der Waals surface area contributed by atoms with Crippen molar-refractivity contribution in [3.05, 3.63) is 20.2 Å². The van der Waals surface area contributed by atoms with Crippen molar-refractivity contribution in [2.75, 3.05) is 96.7 Å². The number of nitrogens with zero attached hydrogens (tertiary/aromatic N) is 5. The van der Waals surface area contributed by atoms with Gasteiger partial charge in [-0.05, 0) is 132 Å². The normalized spacial score (nSPS) is 13.8. The second kappa shape index (κ2) is 40.1. The minimum atomic E-state index is -1.75. The van der Waals surface area contributed by atoms with Crippen LogP contribution in [0.2, 0.25) is 0 Å². The molecule has 4 atom stereocenters. The molecule has 57 heavy (non-hydrogen) atoms. The van der Waals surface area contributed by atoms with Crippen LogP contribution in [0.3, 0.4) is 0 Å². The summed E-state index contributed by atoms with van der Waals surface area (Å²) in [7, 11) is 23.0. The minimum Gasteiger partial charge on any atom is -0.635 e. The van der Waals surface area contributed by atoms with Gasteiger partial charge in [0.15, 0.2) is 0 Å². The van der Waals surface area contributed by atoms with Crippen LogP contribution in [0.4, 0.5) is 0 Å². The third-order valence-corrected chi connectivity index (χ3v) is 10.2. The molecule has 0 spiro atoms. The summed E-state index contributed by atoms with van der Waals surface area (Å²) in [6, 6.07) is 0. The maximum absolute atomic E-state index is 8.39. The molecule has 0 rings (SSSR count). The van der Waals surface area contributed by atoms with E-state index in [4.69, 9.17) is 25.5 Å². The quantitative estimate of drug-likeness (QED) is 0.0268. The summed E-state index contributed by atoms with van der Waals surface area (Å²) in [5, 5.41) is 24.5. The van der Waals surface area contributed by atoms with E-state index in [-0.39, 0.29) is 51.4 Å². The van der Waals surface area contributed by atoms with E-state index in [1.165, 1.54) is 121 Å². The summed E-state index contributed by atoms with van der Waals surface area (Å²) in [5.74, 6) is 7.07. The molecule has 0 amide bonds. The predicted octanol–water partition coefficient (Wildman–Crippen LogP) is 5.37. The van der Waals surface area contributed by atoms with Crippen molar-refractivity contribution < 1.29 is 80.6 Å². The molecular formula is C44H99KN6O6+2. The fourth-order valence-corrected chi connectivity index (χ4v) is 7.42. The molecule has 1 N–H and O–H groups in total. The minimum absolute atomic E-state index is 0. The smallest absolute Gasteiger partial charge is 0.635 e. The molecule has 0 aliphatic heterocycles. The summed E-state index contributed by atoms with van der Waals surface area (Å²) in [6.45, 7) is 24.3. The predicted molar refractivity (Wildman–Crippen MR) is 237 cm³/mol. The Hall–Kier alpha value is 0.0364. The molecule has 0 bridgehead atoms. The second-order valence-electron chi connectivity index (χ2n) is 21.2. The van der Waals surface area contributed by atoms with Crippen LogP contribution in [0.1, 0.15) is 145 Å². The van der Waals surface area contributed by atoms with Crippen LogP contribution in [0.15, 0.2) is 5.34 Å². The first kappa shape index (κ1) is 66.1. The molecule has 0 heterocycles. The van der Waals surface area contributed by atoms with Gasteiger partial charge in [-0.1, -0.05) is 81.1 Å². The second-order valence-corrected chi connectivity index (χ2v) is 21.2. The van der Waals surface area contributed by atoms with E-state index < -0.39 is 5.09 Å². The Bertz CT molecular complexity index is 818. The average Bonchev–Trinajstić information content (AvgIpc) is 3.02. The van der Waals surface area contributed by atoms with Crippen LogP contribution in [0.25, 0.3) is 0 Å². The van der Waals surface area contributed by atoms with Gasteiger partial charge in [0.2, 0.25) is 0 Å². The van der Waals surface area contributed by atoms with Crippen molar-refractivity contribution in [2.45, 2.75) is 145 Å². The molecule has 0 aromatic heterocycles. The zero-order chi connectivity index (χ0) is 44.5. The summed E-state index contributed by atoms with van der Waals surface area (Å²) >= 11 is 0. The van der Waals surface area contributed by atoms with Crippen molar-refractivity contribution in [1.82, 2.24) is 4.90 Å². The first-order chi connectivity index (χ1) is 25.6. The number of nitrogens with one attached hydrogen (secondary N) is 1. The molecule has 0 saturated carbocycles. The Labute approximate surface area is 397 Å². The molecule has 0 aliphatic carbocycles. The maximum Gasteiger partial charge on any atom is 1.00 e. The number of hydrogen-bond donors (Lipinski definition) is 1. The molecular weight excluding hydrogens is 748 g/mol. The van der Waals surface area contributed by atoms with E-state index in [2.05, 4.69) is 136 Å². The fourth-order valence-electron chi connectivity index (χ4n) is 7.42. The monoisotopic (exact) mass is 847 g/mol. The van der Waals surface area contributed by atoms with Crippen molar-refractivity contribution in [3.8, 4) is 0 Å². The Kier molecular flexibility index (Phi) is 46.6. The molecule has 0 fully saturated rings. The van der Waals surface area contributed by atoms with Crippen LogP contribution in [0, 0.1) is 67.6 Å². The first-order valence-corrected chi connectivity index (χ1v) is 22.1. The average molecular weight is 847 g/mol. The van der Waals surface area contributed by atoms with Crippen LogP contribution < -0.4 is 61.5 Å². The van der Waals surface area contributed by atoms with Crippen molar-refractivity contribution in [2.24, 2.45) is 52.7 Å². The van der Waals surface area contributed by atoms with Gasteiger partial charge < -0.3 is 44.3 Å². The summed E-state index contributed by atoms with van der Waals surface area (Å²) in [6.07, 6.45) is 19.8. The molecule has 0 aliphatic rings. The summed E-state index contributed by atoms with van der Waals surface area (Å²) in [5.41, 5.74) is 0. The molecule has 0 aromatic rings. The molecule has 340 valence electrons. The largest absolute Gasteiger partial charge is 1.00 e. The van der Waals surface area contributed by atoms with Crippen LogP contribution in [0.5, 0.6) is 0 Å². The summed E-state index contributed by atoms with van der Waals surface area (Å²) < 4.78 is 2.21. The van der Waals surface area contributed by atoms with Crippen molar-refractivity contribution in [1.29, 1.82) is 0 Å². The van der Waals surface area contributed by atoms with Gasteiger partial charge in [0.25, 0.3) is 0 Å². The Balaban J connectivity index is -0.000000261. The van der Waals surface area contributed by atoms with Crippen LogP contribution in [-0.2, 0) is 4.99 Å². The van der Waals surface area contributed by atoms with Gasteiger partial charge >= 0.3 is 51.4 Å². The van der Waals surface area contributed by atoms with E-state index in [0.717, 1.165) is 56.3 Å². The number of quaternary nitrogens is 3. The Morgan fingerprint density at radius 2 is 0.930 bits per heavy atom. The van der Waals surface area contributed by atoms with Gasteiger partial charge in [-0.25, -0.2) is 0 Å². The first-order valence-electron chi connectivity index (χ1n) is 22.1. The van der Waals surface area contributed by atoms with E-state index in [1.807, 2.05) is 0 Å². The van der Waals surface area contributed by atoms with Gasteiger partial charge in [0.05, 0.1) is 81.1 Å². The Morgan fingerprint density at radius 3 is 1.18 bits per heavy atom. The van der Waals surface area contributed by atoms with Gasteiger partial charge in [-0.2, -0.15) is 0 Å². The third-order valence-electron chi connectivity index (χ3n) is 10.2. The summed E-state index contributed by atoms with van der Waals surface area (Å²) in [4.78, 5) is 22.9. The third kappa shape index (κ3) is 62.8.